The van der Waals surface area contributed by atoms with E-state index in [1.54, 1.807) is 14.1 Å². The van der Waals surface area contributed by atoms with E-state index in [0.29, 0.717) is 25.4 Å². The number of hydrogen-bond acceptors (Lipinski definition) is 3. The molecule has 2 heterocycles. The number of imidazole rings is 1. The number of amides is 2. The SMILES string of the molecule is Cc1nn(C)c2c1nc(CCCl)n2CCNC(=O)N(C)C. The van der Waals surface area contributed by atoms with Crippen molar-refractivity contribution in [2.24, 2.45) is 7.05 Å². The zero-order valence-electron chi connectivity index (χ0n) is 12.9. The number of alkyl halides is 1. The fourth-order valence-electron chi connectivity index (χ4n) is 2.32. The fourth-order valence-corrected chi connectivity index (χ4v) is 2.49. The van der Waals surface area contributed by atoms with Gasteiger partial charge in [0.1, 0.15) is 11.3 Å². The predicted octanol–water partition coefficient (Wildman–Crippen LogP) is 1.13. The highest BCUT2D eigenvalue weighted by atomic mass is 35.5. The second kappa shape index (κ2) is 6.34. The molecular weight excluding hydrogens is 292 g/mol. The quantitative estimate of drug-likeness (QED) is 0.842. The predicted molar refractivity (Wildman–Crippen MR) is 82.7 cm³/mol. The van der Waals surface area contributed by atoms with Gasteiger partial charge in [0.2, 0.25) is 0 Å². The van der Waals surface area contributed by atoms with Crippen molar-refractivity contribution in [2.75, 3.05) is 26.5 Å². The maximum Gasteiger partial charge on any atom is 0.316 e. The number of urea groups is 1. The van der Waals surface area contributed by atoms with Crippen LogP contribution in [0.3, 0.4) is 0 Å². The molecule has 2 amide bonds. The van der Waals surface area contributed by atoms with Crippen LogP contribution < -0.4 is 5.32 Å². The van der Waals surface area contributed by atoms with Crippen LogP contribution in [0.4, 0.5) is 4.79 Å². The lowest BCUT2D eigenvalue weighted by Gasteiger charge is -2.13. The summed E-state index contributed by atoms with van der Waals surface area (Å²) in [5.74, 6) is 1.44. The smallest absolute Gasteiger partial charge is 0.316 e. The minimum atomic E-state index is -0.105. The largest absolute Gasteiger partial charge is 0.336 e. The monoisotopic (exact) mass is 312 g/mol. The van der Waals surface area contributed by atoms with Crippen LogP contribution in [0, 0.1) is 6.92 Å². The van der Waals surface area contributed by atoms with Gasteiger partial charge in [0, 0.05) is 46.5 Å². The normalized spacial score (nSPS) is 11.1. The van der Waals surface area contributed by atoms with Crippen LogP contribution in [0.2, 0.25) is 0 Å². The number of carbonyl (C=O) groups excluding carboxylic acids is 1. The van der Waals surface area contributed by atoms with Crippen LogP contribution in [-0.2, 0) is 20.0 Å². The lowest BCUT2D eigenvalue weighted by atomic mass is 10.4. The third-order valence-electron chi connectivity index (χ3n) is 3.31. The highest BCUT2D eigenvalue weighted by Crippen LogP contribution is 2.19. The van der Waals surface area contributed by atoms with Crippen LogP contribution in [0.5, 0.6) is 0 Å². The number of hydrogen-bond donors (Lipinski definition) is 1. The van der Waals surface area contributed by atoms with Crippen molar-refractivity contribution in [3.05, 3.63) is 11.5 Å². The second-order valence-electron chi connectivity index (χ2n) is 5.13. The van der Waals surface area contributed by atoms with Crippen LogP contribution in [-0.4, -0.2) is 56.8 Å². The maximum absolute atomic E-state index is 11.6. The topological polar surface area (TPSA) is 68.0 Å². The van der Waals surface area contributed by atoms with E-state index in [9.17, 15) is 4.79 Å². The van der Waals surface area contributed by atoms with E-state index in [1.807, 2.05) is 18.7 Å². The highest BCUT2D eigenvalue weighted by molar-refractivity contribution is 6.17. The molecule has 1 N–H and O–H groups in total. The molecule has 8 heteroatoms. The van der Waals surface area contributed by atoms with Gasteiger partial charge in [0.05, 0.1) is 5.69 Å². The summed E-state index contributed by atoms with van der Waals surface area (Å²) in [6.07, 6.45) is 0.692. The zero-order valence-corrected chi connectivity index (χ0v) is 13.6. The number of aryl methyl sites for hydroxylation is 3. The molecule has 0 aliphatic carbocycles. The molecule has 0 atom stereocenters. The van der Waals surface area contributed by atoms with Crippen molar-refractivity contribution in [1.29, 1.82) is 0 Å². The molecule has 0 bridgehead atoms. The van der Waals surface area contributed by atoms with Gasteiger partial charge in [-0.2, -0.15) is 5.10 Å². The van der Waals surface area contributed by atoms with Crippen molar-refractivity contribution in [1.82, 2.24) is 29.5 Å². The van der Waals surface area contributed by atoms with Crippen LogP contribution >= 0.6 is 11.6 Å². The van der Waals surface area contributed by atoms with E-state index < -0.39 is 0 Å². The molecule has 7 nitrogen and oxygen atoms in total. The summed E-state index contributed by atoms with van der Waals surface area (Å²) in [4.78, 5) is 17.7. The summed E-state index contributed by atoms with van der Waals surface area (Å²) in [6, 6.07) is -0.105. The standard InChI is InChI=1S/C13H21ClN6O/c1-9-11-12(19(4)17-9)20(10(16-11)5-6-14)8-7-15-13(21)18(2)3/h5-8H2,1-4H3,(H,15,21). The van der Waals surface area contributed by atoms with Gasteiger partial charge in [-0.1, -0.05) is 0 Å². The first-order valence-corrected chi connectivity index (χ1v) is 7.39. The Morgan fingerprint density at radius 2 is 2.14 bits per heavy atom. The first kappa shape index (κ1) is 15.6. The maximum atomic E-state index is 11.6. The summed E-state index contributed by atoms with van der Waals surface area (Å²) in [7, 11) is 5.33. The molecule has 0 aliphatic rings. The number of carbonyl (C=O) groups is 1. The van der Waals surface area contributed by atoms with E-state index in [4.69, 9.17) is 11.6 Å². The molecule has 0 radical (unpaired) electrons. The average molecular weight is 313 g/mol. The van der Waals surface area contributed by atoms with Gasteiger partial charge in [-0.3, -0.25) is 4.68 Å². The number of fused-ring (bicyclic) bond motifs is 1. The van der Waals surface area contributed by atoms with E-state index in [2.05, 4.69) is 20.0 Å². The van der Waals surface area contributed by atoms with Crippen LogP contribution in [0.1, 0.15) is 11.5 Å². The molecular formula is C13H21ClN6O. The molecule has 0 aromatic carbocycles. The zero-order chi connectivity index (χ0) is 15.6. The van der Waals surface area contributed by atoms with Crippen molar-refractivity contribution in [3.63, 3.8) is 0 Å². The number of aromatic nitrogens is 4. The Kier molecular flexibility index (Phi) is 4.72. The van der Waals surface area contributed by atoms with Crippen LogP contribution in [0.25, 0.3) is 11.2 Å². The molecule has 0 unspecified atom stereocenters. The van der Waals surface area contributed by atoms with Crippen LogP contribution in [0.15, 0.2) is 0 Å². The Hall–Kier alpha value is -1.76. The molecule has 116 valence electrons. The van der Waals surface area contributed by atoms with Gasteiger partial charge in [0.15, 0.2) is 5.65 Å². The Morgan fingerprint density at radius 1 is 1.43 bits per heavy atom. The first-order valence-electron chi connectivity index (χ1n) is 6.85. The summed E-state index contributed by atoms with van der Waals surface area (Å²) in [6.45, 7) is 3.11. The van der Waals surface area contributed by atoms with Crippen molar-refractivity contribution < 1.29 is 4.79 Å². The number of nitrogens with zero attached hydrogens (tertiary/aromatic N) is 5. The molecule has 2 aromatic rings. The third-order valence-corrected chi connectivity index (χ3v) is 3.49. The Bertz CT molecular complexity index is 645. The van der Waals surface area contributed by atoms with Crippen molar-refractivity contribution in [2.45, 2.75) is 19.9 Å². The van der Waals surface area contributed by atoms with Gasteiger partial charge in [-0.25, -0.2) is 9.78 Å². The van der Waals surface area contributed by atoms with E-state index in [0.717, 1.165) is 22.7 Å². The Labute approximate surface area is 128 Å². The average Bonchev–Trinajstić information content (AvgIpc) is 2.90. The summed E-state index contributed by atoms with van der Waals surface area (Å²) in [5.41, 5.74) is 2.77. The summed E-state index contributed by atoms with van der Waals surface area (Å²) >= 11 is 5.86. The lowest BCUT2D eigenvalue weighted by molar-refractivity contribution is 0.217. The summed E-state index contributed by atoms with van der Waals surface area (Å²) < 4.78 is 3.90. The highest BCUT2D eigenvalue weighted by Gasteiger charge is 2.17. The van der Waals surface area contributed by atoms with Gasteiger partial charge < -0.3 is 14.8 Å². The molecule has 2 rings (SSSR count). The number of rotatable bonds is 5. The Balaban J connectivity index is 2.23. The summed E-state index contributed by atoms with van der Waals surface area (Å²) in [5, 5.41) is 7.24. The third kappa shape index (κ3) is 3.12. The van der Waals surface area contributed by atoms with Gasteiger partial charge >= 0.3 is 6.03 Å². The van der Waals surface area contributed by atoms with Gasteiger partial charge in [0.25, 0.3) is 0 Å². The van der Waals surface area contributed by atoms with Gasteiger partial charge in [-0.15, -0.1) is 11.6 Å². The van der Waals surface area contributed by atoms with Crippen molar-refractivity contribution >= 4 is 28.8 Å². The van der Waals surface area contributed by atoms with Gasteiger partial charge in [-0.05, 0) is 6.92 Å². The molecule has 0 saturated heterocycles. The first-order chi connectivity index (χ1) is 9.95. The lowest BCUT2D eigenvalue weighted by Crippen LogP contribution is -2.36. The molecule has 0 aliphatic heterocycles. The number of nitrogens with one attached hydrogen (secondary N) is 1. The Morgan fingerprint density at radius 3 is 2.76 bits per heavy atom. The second-order valence-corrected chi connectivity index (χ2v) is 5.50. The van der Waals surface area contributed by atoms with E-state index in [1.165, 1.54) is 4.90 Å². The minimum absolute atomic E-state index is 0.105. The minimum Gasteiger partial charge on any atom is -0.336 e. The molecule has 2 aromatic heterocycles. The number of halogens is 1. The van der Waals surface area contributed by atoms with E-state index in [-0.39, 0.29) is 6.03 Å². The molecule has 0 spiro atoms. The molecule has 0 saturated carbocycles. The molecule has 0 fully saturated rings. The van der Waals surface area contributed by atoms with E-state index >= 15 is 0 Å². The van der Waals surface area contributed by atoms with Crippen molar-refractivity contribution in [3.8, 4) is 0 Å². The molecule has 21 heavy (non-hydrogen) atoms. The fraction of sp³-hybridized carbons (Fsp3) is 0.615.